The second kappa shape index (κ2) is 8.78. The van der Waals surface area contributed by atoms with E-state index in [1.165, 1.54) is 0 Å². The minimum Gasteiger partial charge on any atom is -0.489 e. The van der Waals surface area contributed by atoms with Gasteiger partial charge in [-0.25, -0.2) is 8.78 Å². The number of amides is 1. The number of carbonyl (C=O) groups is 1. The van der Waals surface area contributed by atoms with E-state index in [4.69, 9.17) is 4.74 Å². The van der Waals surface area contributed by atoms with Gasteiger partial charge in [-0.2, -0.15) is 0 Å². The van der Waals surface area contributed by atoms with Crippen LogP contribution in [0.4, 0.5) is 8.78 Å². The Bertz CT molecular complexity index is 1170. The standard InChI is InChI=1S/C24H20F2N2O2/c25-18-6-8-21(22(26)12-18)24(29)27-11-10-17-14-28-23-13-19(7-9-20(17)23)30-15-16-4-2-1-3-5-16/h1-9,12-14,28H,10-11,15H2,(H,27,29). The molecule has 0 aliphatic carbocycles. The van der Waals surface area contributed by atoms with Crippen molar-refractivity contribution in [3.8, 4) is 5.75 Å². The van der Waals surface area contributed by atoms with Gasteiger partial charge in [0.05, 0.1) is 5.56 Å². The van der Waals surface area contributed by atoms with Crippen molar-refractivity contribution in [2.75, 3.05) is 6.54 Å². The maximum atomic E-state index is 13.7. The summed E-state index contributed by atoms with van der Waals surface area (Å²) in [6.45, 7) is 0.820. The van der Waals surface area contributed by atoms with E-state index in [0.717, 1.165) is 39.9 Å². The van der Waals surface area contributed by atoms with Crippen LogP contribution in [0.25, 0.3) is 10.9 Å². The first-order valence-electron chi connectivity index (χ1n) is 9.60. The van der Waals surface area contributed by atoms with Crippen LogP contribution >= 0.6 is 0 Å². The second-order valence-electron chi connectivity index (χ2n) is 6.93. The molecule has 0 atom stereocenters. The van der Waals surface area contributed by atoms with Gasteiger partial charge in [0.15, 0.2) is 0 Å². The van der Waals surface area contributed by atoms with E-state index in [2.05, 4.69) is 10.3 Å². The van der Waals surface area contributed by atoms with Crippen LogP contribution in [0.5, 0.6) is 5.75 Å². The number of hydrogen-bond acceptors (Lipinski definition) is 2. The monoisotopic (exact) mass is 406 g/mol. The van der Waals surface area contributed by atoms with E-state index in [-0.39, 0.29) is 5.56 Å². The highest BCUT2D eigenvalue weighted by molar-refractivity contribution is 5.94. The van der Waals surface area contributed by atoms with Crippen molar-refractivity contribution < 1.29 is 18.3 Å². The Morgan fingerprint density at radius 2 is 1.83 bits per heavy atom. The van der Waals surface area contributed by atoms with Crippen molar-refractivity contribution in [2.24, 2.45) is 0 Å². The zero-order valence-corrected chi connectivity index (χ0v) is 16.1. The van der Waals surface area contributed by atoms with Crippen molar-refractivity contribution in [1.29, 1.82) is 0 Å². The average Bonchev–Trinajstić information content (AvgIpc) is 3.15. The van der Waals surface area contributed by atoms with Crippen LogP contribution < -0.4 is 10.1 Å². The molecule has 6 heteroatoms. The van der Waals surface area contributed by atoms with Crippen LogP contribution in [-0.2, 0) is 13.0 Å². The normalized spacial score (nSPS) is 10.9. The zero-order chi connectivity index (χ0) is 20.9. The van der Waals surface area contributed by atoms with Gasteiger partial charge >= 0.3 is 0 Å². The van der Waals surface area contributed by atoms with E-state index in [1.54, 1.807) is 0 Å². The highest BCUT2D eigenvalue weighted by atomic mass is 19.1. The minimum absolute atomic E-state index is 0.171. The van der Waals surface area contributed by atoms with Crippen LogP contribution in [0.1, 0.15) is 21.5 Å². The molecule has 152 valence electrons. The first kappa shape index (κ1) is 19.6. The maximum absolute atomic E-state index is 13.7. The molecule has 1 heterocycles. The number of aromatic nitrogens is 1. The van der Waals surface area contributed by atoms with Crippen molar-refractivity contribution in [3.05, 3.63) is 101 Å². The fourth-order valence-corrected chi connectivity index (χ4v) is 3.28. The number of nitrogens with one attached hydrogen (secondary N) is 2. The number of ether oxygens (including phenoxy) is 1. The molecule has 0 spiro atoms. The van der Waals surface area contributed by atoms with Crippen LogP contribution in [0.2, 0.25) is 0 Å². The first-order chi connectivity index (χ1) is 14.6. The summed E-state index contributed by atoms with van der Waals surface area (Å²) in [7, 11) is 0. The predicted octanol–water partition coefficient (Wildman–Crippen LogP) is 5.00. The molecule has 0 fully saturated rings. The Hall–Kier alpha value is -3.67. The third-order valence-corrected chi connectivity index (χ3v) is 4.84. The Morgan fingerprint density at radius 3 is 2.63 bits per heavy atom. The highest BCUT2D eigenvalue weighted by Crippen LogP contribution is 2.24. The Morgan fingerprint density at radius 1 is 1.00 bits per heavy atom. The third-order valence-electron chi connectivity index (χ3n) is 4.84. The second-order valence-corrected chi connectivity index (χ2v) is 6.93. The van der Waals surface area contributed by atoms with Crippen LogP contribution in [0.3, 0.4) is 0 Å². The lowest BCUT2D eigenvalue weighted by Gasteiger charge is -2.07. The van der Waals surface area contributed by atoms with Gasteiger partial charge in [-0.1, -0.05) is 30.3 Å². The highest BCUT2D eigenvalue weighted by Gasteiger charge is 2.12. The fraction of sp³-hybridized carbons (Fsp3) is 0.125. The molecule has 30 heavy (non-hydrogen) atoms. The summed E-state index contributed by atoms with van der Waals surface area (Å²) in [6.07, 6.45) is 2.45. The number of carbonyl (C=O) groups excluding carboxylic acids is 1. The Labute approximate surface area is 172 Å². The van der Waals surface area contributed by atoms with Gasteiger partial charge in [0.2, 0.25) is 0 Å². The molecular formula is C24H20F2N2O2. The third kappa shape index (κ3) is 4.49. The molecule has 3 aromatic carbocycles. The summed E-state index contributed by atoms with van der Waals surface area (Å²) in [4.78, 5) is 15.3. The summed E-state index contributed by atoms with van der Waals surface area (Å²) in [5, 5.41) is 3.70. The number of halogens is 2. The van der Waals surface area contributed by atoms with E-state index in [1.807, 2.05) is 54.7 Å². The molecule has 0 unspecified atom stereocenters. The molecule has 0 aliphatic heterocycles. The number of H-pyrrole nitrogens is 1. The van der Waals surface area contributed by atoms with Gasteiger partial charge in [-0.3, -0.25) is 4.79 Å². The number of rotatable bonds is 7. The molecule has 0 radical (unpaired) electrons. The van der Waals surface area contributed by atoms with Crippen LogP contribution in [0, 0.1) is 11.6 Å². The van der Waals surface area contributed by atoms with Crippen molar-refractivity contribution in [1.82, 2.24) is 10.3 Å². The summed E-state index contributed by atoms with van der Waals surface area (Å²) in [5.41, 5.74) is 2.89. The van der Waals surface area contributed by atoms with Gasteiger partial charge in [-0.05, 0) is 41.8 Å². The maximum Gasteiger partial charge on any atom is 0.254 e. The lowest BCUT2D eigenvalue weighted by molar-refractivity contribution is 0.0950. The lowest BCUT2D eigenvalue weighted by atomic mass is 10.1. The molecule has 4 aromatic rings. The van der Waals surface area contributed by atoms with E-state index < -0.39 is 17.5 Å². The quantitative estimate of drug-likeness (QED) is 0.454. The number of fused-ring (bicyclic) bond motifs is 1. The lowest BCUT2D eigenvalue weighted by Crippen LogP contribution is -2.26. The number of aromatic amines is 1. The molecule has 0 saturated carbocycles. The number of benzene rings is 3. The fourth-order valence-electron chi connectivity index (χ4n) is 3.28. The van der Waals surface area contributed by atoms with Gasteiger partial charge in [0, 0.05) is 35.8 Å². The first-order valence-corrected chi connectivity index (χ1v) is 9.60. The summed E-state index contributed by atoms with van der Waals surface area (Å²) in [6, 6.07) is 18.7. The zero-order valence-electron chi connectivity index (χ0n) is 16.1. The number of hydrogen-bond donors (Lipinski definition) is 2. The van der Waals surface area contributed by atoms with E-state index >= 15 is 0 Å². The van der Waals surface area contributed by atoms with Gasteiger partial charge < -0.3 is 15.0 Å². The van der Waals surface area contributed by atoms with E-state index in [9.17, 15) is 13.6 Å². The molecule has 1 amide bonds. The summed E-state index contributed by atoms with van der Waals surface area (Å²) < 4.78 is 32.5. The molecule has 0 aliphatic rings. The van der Waals surface area contributed by atoms with Crippen LogP contribution in [0.15, 0.2) is 72.9 Å². The van der Waals surface area contributed by atoms with Crippen molar-refractivity contribution in [3.63, 3.8) is 0 Å². The largest absolute Gasteiger partial charge is 0.489 e. The molecule has 0 bridgehead atoms. The van der Waals surface area contributed by atoms with Crippen molar-refractivity contribution in [2.45, 2.75) is 13.0 Å². The van der Waals surface area contributed by atoms with Gasteiger partial charge in [0.25, 0.3) is 5.91 Å². The molecular weight excluding hydrogens is 386 g/mol. The Kier molecular flexibility index (Phi) is 5.75. The average molecular weight is 406 g/mol. The van der Waals surface area contributed by atoms with Crippen molar-refractivity contribution >= 4 is 16.8 Å². The summed E-state index contributed by atoms with van der Waals surface area (Å²) in [5.74, 6) is -1.39. The Balaban J connectivity index is 1.36. The van der Waals surface area contributed by atoms with E-state index in [0.29, 0.717) is 25.6 Å². The minimum atomic E-state index is -0.873. The molecule has 4 nitrogen and oxygen atoms in total. The van der Waals surface area contributed by atoms with Crippen LogP contribution in [-0.4, -0.2) is 17.4 Å². The predicted molar refractivity (Wildman–Crippen MR) is 111 cm³/mol. The topological polar surface area (TPSA) is 54.1 Å². The van der Waals surface area contributed by atoms with Gasteiger partial charge in [-0.15, -0.1) is 0 Å². The molecule has 2 N–H and O–H groups in total. The van der Waals surface area contributed by atoms with Gasteiger partial charge in [0.1, 0.15) is 24.0 Å². The molecule has 4 rings (SSSR count). The smallest absolute Gasteiger partial charge is 0.254 e. The SMILES string of the molecule is O=C(NCCc1c[nH]c2cc(OCc3ccccc3)ccc12)c1ccc(F)cc1F. The molecule has 0 saturated heterocycles. The summed E-state index contributed by atoms with van der Waals surface area (Å²) >= 11 is 0. The molecule has 1 aromatic heterocycles.